The number of rotatable bonds is 6. The van der Waals surface area contributed by atoms with Gasteiger partial charge in [0.25, 0.3) is 10.0 Å². The zero-order chi connectivity index (χ0) is 20.5. The fourth-order valence-electron chi connectivity index (χ4n) is 1.82. The van der Waals surface area contributed by atoms with Crippen molar-refractivity contribution in [3.05, 3.63) is 52.5 Å². The van der Waals surface area contributed by atoms with Crippen molar-refractivity contribution in [2.24, 2.45) is 0 Å². The molecule has 13 heteroatoms. The molecule has 0 amide bonds. The molecule has 0 atom stereocenters. The molecule has 0 aliphatic heterocycles. The van der Waals surface area contributed by atoms with Crippen LogP contribution in [0.5, 0.6) is 0 Å². The van der Waals surface area contributed by atoms with Crippen molar-refractivity contribution < 1.29 is 30.0 Å². The molecule has 0 heterocycles. The predicted molar refractivity (Wildman–Crippen MR) is 95.0 cm³/mol. The van der Waals surface area contributed by atoms with Gasteiger partial charge in [-0.25, -0.2) is 21.6 Å². The predicted octanol–water partition coefficient (Wildman–Crippen LogP) is 3.63. The lowest BCUT2D eigenvalue weighted by Gasteiger charge is -2.11. The Labute approximate surface area is 163 Å². The van der Waals surface area contributed by atoms with Gasteiger partial charge in [-0.1, -0.05) is 23.2 Å². The molecule has 2 aromatic carbocycles. The number of anilines is 1. The van der Waals surface area contributed by atoms with Crippen molar-refractivity contribution in [3.63, 3.8) is 0 Å². The van der Waals surface area contributed by atoms with Gasteiger partial charge in [-0.05, 0) is 42.5 Å². The van der Waals surface area contributed by atoms with Crippen molar-refractivity contribution in [1.82, 2.24) is 4.72 Å². The zero-order valence-corrected chi connectivity index (χ0v) is 16.2. The first-order valence-corrected chi connectivity index (χ1v) is 10.7. The molecule has 27 heavy (non-hydrogen) atoms. The second-order valence-electron chi connectivity index (χ2n) is 5.15. The molecule has 0 aromatic heterocycles. The van der Waals surface area contributed by atoms with Crippen LogP contribution in [-0.2, 0) is 20.0 Å². The minimum Gasteiger partial charge on any atom is -0.280 e. The van der Waals surface area contributed by atoms with E-state index in [1.165, 1.54) is 16.9 Å². The molecule has 0 unspecified atom stereocenters. The number of halogens is 5. The highest BCUT2D eigenvalue weighted by Gasteiger charge is 2.30. The maximum Gasteiger partial charge on any atom is 0.402 e. The Morgan fingerprint density at radius 3 is 1.89 bits per heavy atom. The molecule has 2 N–H and O–H groups in total. The van der Waals surface area contributed by atoms with E-state index in [2.05, 4.69) is 4.72 Å². The highest BCUT2D eigenvalue weighted by atomic mass is 35.5. The van der Waals surface area contributed by atoms with Crippen LogP contribution < -0.4 is 9.44 Å². The van der Waals surface area contributed by atoms with Crippen LogP contribution in [-0.4, -0.2) is 29.6 Å². The van der Waals surface area contributed by atoms with Crippen LogP contribution in [0.2, 0.25) is 10.0 Å². The summed E-state index contributed by atoms with van der Waals surface area (Å²) < 4.78 is 88.2. The van der Waals surface area contributed by atoms with Crippen molar-refractivity contribution in [2.45, 2.75) is 16.0 Å². The number of hydrogen-bond donors (Lipinski definition) is 2. The first kappa shape index (κ1) is 21.8. The van der Waals surface area contributed by atoms with E-state index in [0.29, 0.717) is 0 Å². The maximum absolute atomic E-state index is 12.3. The highest BCUT2D eigenvalue weighted by Crippen LogP contribution is 2.26. The number of hydrogen-bond acceptors (Lipinski definition) is 4. The normalized spacial score (nSPS) is 12.8. The molecular weight excluding hydrogens is 452 g/mol. The Kier molecular flexibility index (Phi) is 6.32. The molecule has 0 saturated carbocycles. The SMILES string of the molecule is O=S(=O)(NCC(F)(F)F)c1ccc(NS(=O)(=O)c2ccc(Cl)c(Cl)c2)cc1. The second kappa shape index (κ2) is 7.84. The van der Waals surface area contributed by atoms with Crippen molar-refractivity contribution in [1.29, 1.82) is 0 Å². The van der Waals surface area contributed by atoms with Crippen molar-refractivity contribution in [3.8, 4) is 0 Å². The fraction of sp³-hybridized carbons (Fsp3) is 0.143. The summed E-state index contributed by atoms with van der Waals surface area (Å²) in [7, 11) is -8.43. The molecule has 0 radical (unpaired) electrons. The van der Waals surface area contributed by atoms with Gasteiger partial charge in [0.1, 0.15) is 6.54 Å². The number of benzene rings is 2. The molecule has 0 fully saturated rings. The van der Waals surface area contributed by atoms with E-state index in [1.807, 2.05) is 0 Å². The lowest BCUT2D eigenvalue weighted by molar-refractivity contribution is -0.121. The lowest BCUT2D eigenvalue weighted by Crippen LogP contribution is -2.33. The van der Waals surface area contributed by atoms with E-state index >= 15 is 0 Å². The topological polar surface area (TPSA) is 92.3 Å². The Morgan fingerprint density at radius 2 is 1.37 bits per heavy atom. The van der Waals surface area contributed by atoms with E-state index in [4.69, 9.17) is 23.2 Å². The van der Waals surface area contributed by atoms with Gasteiger partial charge < -0.3 is 0 Å². The summed E-state index contributed by atoms with van der Waals surface area (Å²) in [4.78, 5) is -0.635. The van der Waals surface area contributed by atoms with Gasteiger partial charge in [-0.3, -0.25) is 4.72 Å². The van der Waals surface area contributed by atoms with Crippen LogP contribution in [0.25, 0.3) is 0 Å². The Hall–Kier alpha value is -1.53. The minimum absolute atomic E-state index is 0.00385. The van der Waals surface area contributed by atoms with E-state index in [-0.39, 0.29) is 20.6 Å². The zero-order valence-electron chi connectivity index (χ0n) is 13.1. The number of alkyl halides is 3. The standard InChI is InChI=1S/C14H11Cl2F3N2O4S2/c15-12-6-5-11(7-13(12)16)27(24,25)21-9-1-3-10(4-2-9)26(22,23)20-8-14(17,18)19/h1-7,20-21H,8H2. The van der Waals surface area contributed by atoms with Gasteiger partial charge >= 0.3 is 6.18 Å². The second-order valence-corrected chi connectivity index (χ2v) is 9.41. The van der Waals surface area contributed by atoms with E-state index in [0.717, 1.165) is 30.3 Å². The lowest BCUT2D eigenvalue weighted by atomic mass is 10.3. The smallest absolute Gasteiger partial charge is 0.280 e. The first-order chi connectivity index (χ1) is 12.3. The Bertz CT molecular complexity index is 1040. The largest absolute Gasteiger partial charge is 0.402 e. The van der Waals surface area contributed by atoms with Crippen LogP contribution in [0.15, 0.2) is 52.3 Å². The maximum atomic E-state index is 12.3. The third kappa shape index (κ3) is 5.98. The van der Waals surface area contributed by atoms with Gasteiger partial charge in [0.15, 0.2) is 0 Å². The first-order valence-electron chi connectivity index (χ1n) is 6.94. The van der Waals surface area contributed by atoms with E-state index in [1.54, 1.807) is 0 Å². The monoisotopic (exact) mass is 462 g/mol. The third-order valence-electron chi connectivity index (χ3n) is 3.08. The van der Waals surface area contributed by atoms with Gasteiger partial charge in [0.05, 0.1) is 19.8 Å². The van der Waals surface area contributed by atoms with Gasteiger partial charge in [0, 0.05) is 5.69 Å². The molecule has 0 aliphatic rings. The summed E-state index contributed by atoms with van der Waals surface area (Å²) >= 11 is 11.5. The van der Waals surface area contributed by atoms with Crippen LogP contribution in [0.3, 0.4) is 0 Å². The Balaban J connectivity index is 2.18. The quantitative estimate of drug-likeness (QED) is 0.685. The van der Waals surface area contributed by atoms with Gasteiger partial charge in [-0.15, -0.1) is 0 Å². The number of sulfonamides is 2. The Morgan fingerprint density at radius 1 is 0.815 bits per heavy atom. The molecule has 6 nitrogen and oxygen atoms in total. The summed E-state index contributed by atoms with van der Waals surface area (Å²) in [5, 5.41) is 0.188. The molecule has 2 aromatic rings. The van der Waals surface area contributed by atoms with Crippen LogP contribution >= 0.6 is 23.2 Å². The van der Waals surface area contributed by atoms with Crippen LogP contribution in [0.1, 0.15) is 0 Å². The summed E-state index contributed by atoms with van der Waals surface area (Å²) in [6.07, 6.45) is -4.71. The molecule has 2 rings (SSSR count). The molecule has 0 spiro atoms. The summed E-state index contributed by atoms with van der Waals surface area (Å²) in [5.74, 6) is 0. The molecule has 0 bridgehead atoms. The fourth-order valence-corrected chi connectivity index (χ4v) is 4.28. The molecule has 0 aliphatic carbocycles. The average Bonchev–Trinajstić information content (AvgIpc) is 2.55. The van der Waals surface area contributed by atoms with Crippen molar-refractivity contribution in [2.75, 3.05) is 11.3 Å². The molecule has 0 saturated heterocycles. The van der Waals surface area contributed by atoms with Crippen molar-refractivity contribution >= 4 is 48.9 Å². The van der Waals surface area contributed by atoms with Crippen LogP contribution in [0, 0.1) is 0 Å². The third-order valence-corrected chi connectivity index (χ3v) is 6.62. The summed E-state index contributed by atoms with van der Waals surface area (Å²) in [6, 6.07) is 7.76. The summed E-state index contributed by atoms with van der Waals surface area (Å²) in [6.45, 7) is -1.72. The summed E-state index contributed by atoms with van der Waals surface area (Å²) in [5.41, 5.74) is -0.00385. The van der Waals surface area contributed by atoms with E-state index in [9.17, 15) is 30.0 Å². The van der Waals surface area contributed by atoms with Gasteiger partial charge in [-0.2, -0.15) is 13.2 Å². The number of nitrogens with one attached hydrogen (secondary N) is 2. The highest BCUT2D eigenvalue weighted by molar-refractivity contribution is 7.92. The molecular formula is C14H11Cl2F3N2O4S2. The van der Waals surface area contributed by atoms with E-state index < -0.39 is 37.7 Å². The average molecular weight is 463 g/mol. The minimum atomic E-state index is -4.71. The molecule has 148 valence electrons. The van der Waals surface area contributed by atoms with Crippen LogP contribution in [0.4, 0.5) is 18.9 Å². The van der Waals surface area contributed by atoms with Gasteiger partial charge in [0.2, 0.25) is 10.0 Å².